The zero-order valence-corrected chi connectivity index (χ0v) is 8.92. The van der Waals surface area contributed by atoms with E-state index in [-0.39, 0.29) is 0 Å². The number of rotatable bonds is 2. The Morgan fingerprint density at radius 1 is 1.23 bits per heavy atom. The van der Waals surface area contributed by atoms with Gasteiger partial charge in [0.25, 0.3) is 0 Å². The molecule has 1 aromatic carbocycles. The summed E-state index contributed by atoms with van der Waals surface area (Å²) in [7, 11) is 0. The second kappa shape index (κ2) is 4.72. The summed E-state index contributed by atoms with van der Waals surface area (Å²) < 4.78 is 0. The molecule has 0 aromatic heterocycles. The quantitative estimate of drug-likeness (QED) is 0.707. The molecule has 1 rings (SSSR count). The summed E-state index contributed by atoms with van der Waals surface area (Å²) in [6.45, 7) is 0. The van der Waals surface area contributed by atoms with Gasteiger partial charge in [-0.15, -0.1) is 0 Å². The van der Waals surface area contributed by atoms with E-state index in [4.69, 9.17) is 40.1 Å². The third kappa shape index (κ3) is 2.77. The van der Waals surface area contributed by atoms with Gasteiger partial charge in [0, 0.05) is 11.4 Å². The normalized spacial score (nSPS) is 9.69. The van der Waals surface area contributed by atoms with E-state index >= 15 is 0 Å². The molecule has 0 spiro atoms. The van der Waals surface area contributed by atoms with Crippen LogP contribution in [-0.2, 0) is 6.42 Å². The smallest absolute Gasteiger partial charge is 0.0625 e. The number of aryl methyl sites for hydroxylation is 1. The lowest BCUT2D eigenvalue weighted by Crippen LogP contribution is -1.86. The summed E-state index contributed by atoms with van der Waals surface area (Å²) in [5.41, 5.74) is 0.820. The van der Waals surface area contributed by atoms with Crippen molar-refractivity contribution in [3.8, 4) is 6.07 Å². The van der Waals surface area contributed by atoms with Crippen molar-refractivity contribution in [2.75, 3.05) is 0 Å². The summed E-state index contributed by atoms with van der Waals surface area (Å²) in [4.78, 5) is 0. The molecule has 1 nitrogen and oxygen atoms in total. The molecule has 0 saturated heterocycles. The van der Waals surface area contributed by atoms with Crippen LogP contribution in [0.2, 0.25) is 15.1 Å². The molecule has 0 N–H and O–H groups in total. The van der Waals surface area contributed by atoms with E-state index in [0.29, 0.717) is 27.9 Å². The Hall–Kier alpha value is -0.420. The van der Waals surface area contributed by atoms with E-state index in [9.17, 15) is 0 Å². The fourth-order valence-corrected chi connectivity index (χ4v) is 1.72. The Morgan fingerprint density at radius 2 is 1.92 bits per heavy atom. The highest BCUT2D eigenvalue weighted by atomic mass is 35.5. The minimum absolute atomic E-state index is 0.413. The van der Waals surface area contributed by atoms with Crippen LogP contribution in [0.3, 0.4) is 0 Å². The number of nitrogens with zero attached hydrogens (tertiary/aromatic N) is 1. The van der Waals surface area contributed by atoms with Gasteiger partial charge in [-0.25, -0.2) is 0 Å². The monoisotopic (exact) mass is 233 g/mol. The van der Waals surface area contributed by atoms with E-state index in [0.717, 1.165) is 5.56 Å². The second-order valence-corrected chi connectivity index (χ2v) is 3.74. The molecule has 13 heavy (non-hydrogen) atoms. The fourth-order valence-electron chi connectivity index (χ4n) is 0.982. The van der Waals surface area contributed by atoms with Crippen molar-refractivity contribution in [1.29, 1.82) is 5.26 Å². The summed E-state index contributed by atoms with van der Waals surface area (Å²) in [6.07, 6.45) is 0.992. The topological polar surface area (TPSA) is 23.8 Å². The van der Waals surface area contributed by atoms with Gasteiger partial charge in [-0.1, -0.05) is 34.8 Å². The van der Waals surface area contributed by atoms with Gasteiger partial charge in [0.15, 0.2) is 0 Å². The molecule has 0 aliphatic carbocycles. The third-order valence-corrected chi connectivity index (χ3v) is 2.63. The van der Waals surface area contributed by atoms with Gasteiger partial charge in [-0.3, -0.25) is 0 Å². The number of hydrogen-bond donors (Lipinski definition) is 0. The predicted octanol–water partition coefficient (Wildman–Crippen LogP) is 4.10. The summed E-state index contributed by atoms with van der Waals surface area (Å²) in [5.74, 6) is 0. The van der Waals surface area contributed by atoms with Crippen molar-refractivity contribution >= 4 is 34.8 Å². The van der Waals surface area contributed by atoms with Gasteiger partial charge in [0.05, 0.1) is 16.1 Å². The maximum atomic E-state index is 8.40. The average molecular weight is 235 g/mol. The molecule has 1 aromatic rings. The van der Waals surface area contributed by atoms with Crippen molar-refractivity contribution in [2.24, 2.45) is 0 Å². The molecule has 0 atom stereocenters. The van der Waals surface area contributed by atoms with Gasteiger partial charge >= 0.3 is 0 Å². The molecular weight excluding hydrogens is 228 g/mol. The maximum absolute atomic E-state index is 8.40. The largest absolute Gasteiger partial charge is 0.198 e. The zero-order chi connectivity index (χ0) is 9.84. The average Bonchev–Trinajstić information content (AvgIpc) is 2.09. The highest BCUT2D eigenvalue weighted by Crippen LogP contribution is 2.30. The van der Waals surface area contributed by atoms with Crippen LogP contribution in [-0.4, -0.2) is 0 Å². The van der Waals surface area contributed by atoms with Crippen molar-refractivity contribution in [2.45, 2.75) is 12.8 Å². The van der Waals surface area contributed by atoms with Crippen LogP contribution in [0.25, 0.3) is 0 Å². The van der Waals surface area contributed by atoms with Crippen molar-refractivity contribution < 1.29 is 0 Å². The van der Waals surface area contributed by atoms with Gasteiger partial charge in [0.2, 0.25) is 0 Å². The summed E-state index contributed by atoms with van der Waals surface area (Å²) in [5, 5.41) is 9.86. The van der Waals surface area contributed by atoms with Crippen molar-refractivity contribution in [3.05, 3.63) is 32.8 Å². The van der Waals surface area contributed by atoms with Gasteiger partial charge in [-0.05, 0) is 24.1 Å². The minimum Gasteiger partial charge on any atom is -0.198 e. The van der Waals surface area contributed by atoms with Crippen molar-refractivity contribution in [3.63, 3.8) is 0 Å². The Kier molecular flexibility index (Phi) is 3.87. The Morgan fingerprint density at radius 3 is 2.54 bits per heavy atom. The first kappa shape index (κ1) is 10.7. The van der Waals surface area contributed by atoms with Crippen LogP contribution in [0.4, 0.5) is 0 Å². The van der Waals surface area contributed by atoms with E-state index in [1.165, 1.54) is 0 Å². The first-order valence-electron chi connectivity index (χ1n) is 3.65. The lowest BCUT2D eigenvalue weighted by molar-refractivity contribution is 1.01. The van der Waals surface area contributed by atoms with Crippen LogP contribution in [0.15, 0.2) is 12.1 Å². The number of halogens is 3. The van der Waals surface area contributed by atoms with E-state index in [1.54, 1.807) is 12.1 Å². The third-order valence-electron chi connectivity index (χ3n) is 1.57. The lowest BCUT2D eigenvalue weighted by Gasteiger charge is -2.04. The molecule has 68 valence electrons. The summed E-state index contributed by atoms with van der Waals surface area (Å²) >= 11 is 17.5. The molecule has 0 fully saturated rings. The van der Waals surface area contributed by atoms with E-state index in [2.05, 4.69) is 0 Å². The fraction of sp³-hybridized carbons (Fsp3) is 0.222. The maximum Gasteiger partial charge on any atom is 0.0625 e. The number of nitriles is 1. The standard InChI is InChI=1S/C9H6Cl3N/c10-7-4-6(2-1-3-13)9(12)8(11)5-7/h4-5H,1-2H2. The summed E-state index contributed by atoms with van der Waals surface area (Å²) in [6, 6.07) is 5.35. The van der Waals surface area contributed by atoms with Crippen LogP contribution in [0.5, 0.6) is 0 Å². The molecule has 0 saturated carbocycles. The Balaban J connectivity index is 3.00. The van der Waals surface area contributed by atoms with Crippen LogP contribution in [0, 0.1) is 11.3 Å². The van der Waals surface area contributed by atoms with Crippen LogP contribution < -0.4 is 0 Å². The highest BCUT2D eigenvalue weighted by molar-refractivity contribution is 6.43. The van der Waals surface area contributed by atoms with E-state index < -0.39 is 0 Å². The molecule has 0 aliphatic heterocycles. The molecular formula is C9H6Cl3N. The van der Waals surface area contributed by atoms with Gasteiger partial charge < -0.3 is 0 Å². The highest BCUT2D eigenvalue weighted by Gasteiger charge is 2.06. The molecule has 4 heteroatoms. The van der Waals surface area contributed by atoms with E-state index in [1.807, 2.05) is 6.07 Å². The first-order chi connectivity index (χ1) is 6.15. The predicted molar refractivity (Wildman–Crippen MR) is 55.4 cm³/mol. The zero-order valence-electron chi connectivity index (χ0n) is 6.65. The molecule has 0 unspecified atom stereocenters. The first-order valence-corrected chi connectivity index (χ1v) is 4.79. The minimum atomic E-state index is 0.413. The molecule has 0 amide bonds. The Bertz CT molecular complexity index is 355. The van der Waals surface area contributed by atoms with Gasteiger partial charge in [-0.2, -0.15) is 5.26 Å². The molecule has 0 radical (unpaired) electrons. The molecule has 0 heterocycles. The van der Waals surface area contributed by atoms with Crippen LogP contribution in [0.1, 0.15) is 12.0 Å². The Labute approximate surface area is 91.8 Å². The molecule has 0 aliphatic rings. The lowest BCUT2D eigenvalue weighted by atomic mass is 10.1. The number of hydrogen-bond acceptors (Lipinski definition) is 1. The van der Waals surface area contributed by atoms with Crippen molar-refractivity contribution in [1.82, 2.24) is 0 Å². The SMILES string of the molecule is N#CCCc1cc(Cl)cc(Cl)c1Cl. The van der Waals surface area contributed by atoms with Crippen LogP contribution >= 0.6 is 34.8 Å². The second-order valence-electron chi connectivity index (χ2n) is 2.52. The molecule has 0 bridgehead atoms. The number of benzene rings is 1. The van der Waals surface area contributed by atoms with Gasteiger partial charge in [0.1, 0.15) is 0 Å².